The number of nitrogens with one attached hydrogen (secondary N) is 1. The van der Waals surface area contributed by atoms with E-state index < -0.39 is 0 Å². The molecule has 0 aromatic heterocycles. The van der Waals surface area contributed by atoms with E-state index >= 15 is 0 Å². The van der Waals surface area contributed by atoms with E-state index in [9.17, 15) is 0 Å². The zero-order valence-corrected chi connectivity index (χ0v) is 12.3. The normalized spacial score (nSPS) is 22.4. The molecule has 2 aliphatic heterocycles. The molecule has 1 aromatic rings. The fraction of sp³-hybridized carbons (Fsp3) is 0.600. The van der Waals surface area contributed by atoms with Crippen molar-refractivity contribution in [1.82, 2.24) is 5.32 Å². The molecule has 0 amide bonds. The topological polar surface area (TPSA) is 21.8 Å². The fourth-order valence-corrected chi connectivity index (χ4v) is 3.08. The molecule has 0 bridgehead atoms. The van der Waals surface area contributed by atoms with Gasteiger partial charge in [-0.15, -0.1) is 0 Å². The molecule has 19 heavy (non-hydrogen) atoms. The summed E-state index contributed by atoms with van der Waals surface area (Å²) in [7, 11) is 6.58. The lowest BCUT2D eigenvalue weighted by molar-refractivity contribution is 0.353. The molecule has 104 valence electrons. The molecule has 1 unspecified atom stereocenters. The second kappa shape index (κ2) is 4.60. The highest BCUT2D eigenvalue weighted by Gasteiger charge is 2.31. The van der Waals surface area contributed by atoms with Gasteiger partial charge in [0.15, 0.2) is 0 Å². The van der Waals surface area contributed by atoms with Crippen molar-refractivity contribution in [1.29, 1.82) is 0 Å². The minimum atomic E-state index is 0.426. The molecule has 1 fully saturated rings. The average Bonchev–Trinajstić information content (AvgIpc) is 2.59. The highest BCUT2D eigenvalue weighted by atomic mass is 15.4. The van der Waals surface area contributed by atoms with Gasteiger partial charge < -0.3 is 20.0 Å². The van der Waals surface area contributed by atoms with Crippen molar-refractivity contribution in [2.45, 2.75) is 13.1 Å². The molecule has 2 heterocycles. The van der Waals surface area contributed by atoms with Crippen LogP contribution < -0.4 is 20.0 Å². The number of benzene rings is 1. The van der Waals surface area contributed by atoms with E-state index in [2.05, 4.69) is 66.3 Å². The van der Waals surface area contributed by atoms with Crippen LogP contribution in [0.5, 0.6) is 0 Å². The van der Waals surface area contributed by atoms with Gasteiger partial charge in [-0.05, 0) is 19.1 Å². The molecule has 3 rings (SSSR count). The third kappa shape index (κ3) is 1.94. The van der Waals surface area contributed by atoms with Crippen LogP contribution in [0, 0.1) is 5.92 Å². The Morgan fingerprint density at radius 3 is 2.63 bits per heavy atom. The van der Waals surface area contributed by atoms with E-state index in [1.165, 1.54) is 17.1 Å². The first-order chi connectivity index (χ1) is 9.09. The van der Waals surface area contributed by atoms with E-state index in [0.717, 1.165) is 25.6 Å². The van der Waals surface area contributed by atoms with Crippen LogP contribution in [0.15, 0.2) is 18.2 Å². The van der Waals surface area contributed by atoms with Crippen molar-refractivity contribution in [3.8, 4) is 0 Å². The lowest BCUT2D eigenvalue weighted by atomic mass is 10.0. The van der Waals surface area contributed by atoms with E-state index in [1.807, 2.05) is 0 Å². The Labute approximate surface area is 116 Å². The number of anilines is 3. The number of rotatable bonds is 3. The Kier molecular flexibility index (Phi) is 3.05. The van der Waals surface area contributed by atoms with Gasteiger partial charge in [0.2, 0.25) is 0 Å². The van der Waals surface area contributed by atoms with Crippen molar-refractivity contribution < 1.29 is 0 Å². The second-order valence-corrected chi connectivity index (χ2v) is 5.90. The molecular weight excluding hydrogens is 236 g/mol. The van der Waals surface area contributed by atoms with Gasteiger partial charge in [-0.3, -0.25) is 0 Å². The van der Waals surface area contributed by atoms with Crippen LogP contribution in [0.25, 0.3) is 0 Å². The van der Waals surface area contributed by atoms with Crippen LogP contribution in [0.3, 0.4) is 0 Å². The molecule has 0 aliphatic carbocycles. The van der Waals surface area contributed by atoms with Gasteiger partial charge in [0.1, 0.15) is 0 Å². The number of hydrogen-bond acceptors (Lipinski definition) is 4. The maximum Gasteiger partial charge on any atom is 0.0983 e. The SMILES string of the molecule is CC1N(C)c2cccc(N(C)CC3CNC3)c2N1C. The van der Waals surface area contributed by atoms with Crippen LogP contribution >= 0.6 is 0 Å². The highest BCUT2D eigenvalue weighted by Crippen LogP contribution is 2.44. The van der Waals surface area contributed by atoms with Gasteiger partial charge >= 0.3 is 0 Å². The van der Waals surface area contributed by atoms with Gasteiger partial charge in [-0.1, -0.05) is 6.07 Å². The smallest absolute Gasteiger partial charge is 0.0983 e. The molecule has 0 spiro atoms. The summed E-state index contributed by atoms with van der Waals surface area (Å²) in [5.41, 5.74) is 4.06. The first-order valence-electron chi connectivity index (χ1n) is 7.10. The first kappa shape index (κ1) is 12.6. The summed E-state index contributed by atoms with van der Waals surface area (Å²) in [6.45, 7) is 5.70. The van der Waals surface area contributed by atoms with Crippen LogP contribution in [0.4, 0.5) is 17.1 Å². The van der Waals surface area contributed by atoms with E-state index in [-0.39, 0.29) is 0 Å². The molecule has 1 saturated heterocycles. The Hall–Kier alpha value is -1.42. The molecule has 1 atom stereocenters. The average molecular weight is 260 g/mol. The standard InChI is InChI=1S/C15H24N4/c1-11-18(3)14-7-5-6-13(15(14)19(11)4)17(2)10-12-8-16-9-12/h5-7,11-12,16H,8-10H2,1-4H3. The summed E-state index contributed by atoms with van der Waals surface area (Å²) >= 11 is 0. The highest BCUT2D eigenvalue weighted by molar-refractivity contribution is 5.88. The second-order valence-electron chi connectivity index (χ2n) is 5.90. The quantitative estimate of drug-likeness (QED) is 0.890. The largest absolute Gasteiger partial charge is 0.372 e. The number of fused-ring (bicyclic) bond motifs is 1. The van der Waals surface area contributed by atoms with Gasteiger partial charge in [0, 0.05) is 46.7 Å². The van der Waals surface area contributed by atoms with Crippen molar-refractivity contribution in [2.24, 2.45) is 5.92 Å². The number of para-hydroxylation sites is 1. The summed E-state index contributed by atoms with van der Waals surface area (Å²) in [5, 5.41) is 3.35. The third-order valence-corrected chi connectivity index (χ3v) is 4.66. The maximum atomic E-state index is 3.35. The molecule has 1 aromatic carbocycles. The predicted octanol–water partition coefficient (Wildman–Crippen LogP) is 1.57. The number of nitrogens with zero attached hydrogens (tertiary/aromatic N) is 3. The summed E-state index contributed by atoms with van der Waals surface area (Å²) < 4.78 is 0. The Balaban J connectivity index is 1.90. The number of hydrogen-bond donors (Lipinski definition) is 1. The van der Waals surface area contributed by atoms with E-state index in [1.54, 1.807) is 0 Å². The van der Waals surface area contributed by atoms with Crippen molar-refractivity contribution in [3.05, 3.63) is 18.2 Å². The van der Waals surface area contributed by atoms with Crippen LogP contribution in [0.2, 0.25) is 0 Å². The van der Waals surface area contributed by atoms with Gasteiger partial charge in [0.05, 0.1) is 23.2 Å². The van der Waals surface area contributed by atoms with E-state index in [0.29, 0.717) is 6.17 Å². The lowest BCUT2D eigenvalue weighted by Crippen LogP contribution is -2.47. The molecule has 0 radical (unpaired) electrons. The monoisotopic (exact) mass is 260 g/mol. The molecular formula is C15H24N4. The van der Waals surface area contributed by atoms with Gasteiger partial charge in [-0.2, -0.15) is 0 Å². The molecule has 4 heteroatoms. The summed E-state index contributed by atoms with van der Waals surface area (Å²) in [5.74, 6) is 0.794. The zero-order chi connectivity index (χ0) is 13.6. The maximum absolute atomic E-state index is 3.35. The summed E-state index contributed by atoms with van der Waals surface area (Å²) in [6.07, 6.45) is 0.426. The minimum absolute atomic E-state index is 0.426. The third-order valence-electron chi connectivity index (χ3n) is 4.66. The molecule has 4 nitrogen and oxygen atoms in total. The van der Waals surface area contributed by atoms with Crippen molar-refractivity contribution >= 4 is 17.1 Å². The van der Waals surface area contributed by atoms with Crippen LogP contribution in [-0.4, -0.2) is 46.9 Å². The summed E-state index contributed by atoms with van der Waals surface area (Å²) in [6, 6.07) is 6.64. The zero-order valence-electron chi connectivity index (χ0n) is 12.3. The van der Waals surface area contributed by atoms with Crippen molar-refractivity contribution in [2.75, 3.05) is 55.5 Å². The minimum Gasteiger partial charge on any atom is -0.372 e. The van der Waals surface area contributed by atoms with Gasteiger partial charge in [0.25, 0.3) is 0 Å². The van der Waals surface area contributed by atoms with Crippen LogP contribution in [-0.2, 0) is 0 Å². The Bertz CT molecular complexity index is 469. The predicted molar refractivity (Wildman–Crippen MR) is 82.3 cm³/mol. The fourth-order valence-electron chi connectivity index (χ4n) is 3.08. The first-order valence-corrected chi connectivity index (χ1v) is 7.10. The molecule has 1 N–H and O–H groups in total. The van der Waals surface area contributed by atoms with Gasteiger partial charge in [-0.25, -0.2) is 0 Å². The van der Waals surface area contributed by atoms with Crippen molar-refractivity contribution in [3.63, 3.8) is 0 Å². The Morgan fingerprint density at radius 1 is 1.26 bits per heavy atom. The molecule has 2 aliphatic rings. The lowest BCUT2D eigenvalue weighted by Gasteiger charge is -2.33. The van der Waals surface area contributed by atoms with E-state index in [4.69, 9.17) is 0 Å². The van der Waals surface area contributed by atoms with Crippen LogP contribution in [0.1, 0.15) is 6.92 Å². The summed E-state index contributed by atoms with van der Waals surface area (Å²) in [4.78, 5) is 7.13. The molecule has 0 saturated carbocycles. The Morgan fingerprint density at radius 2 is 2.00 bits per heavy atom.